The highest BCUT2D eigenvalue weighted by atomic mass is 19.4. The van der Waals surface area contributed by atoms with E-state index in [1.54, 1.807) is 0 Å². The minimum atomic E-state index is -4.38. The summed E-state index contributed by atoms with van der Waals surface area (Å²) in [5, 5.41) is 12.3. The number of rotatable bonds is 4. The summed E-state index contributed by atoms with van der Waals surface area (Å²) in [6.45, 7) is -1.40. The fourth-order valence-corrected chi connectivity index (χ4v) is 2.81. The van der Waals surface area contributed by atoms with Gasteiger partial charge in [0.15, 0.2) is 0 Å². The predicted molar refractivity (Wildman–Crippen MR) is 70.9 cm³/mol. The SMILES string of the molecule is O=C(NC1(CO)CCCCC1)c1cccn1CC(F)(F)F. The first-order valence-corrected chi connectivity index (χ1v) is 7.00. The lowest BCUT2D eigenvalue weighted by Gasteiger charge is -2.36. The largest absolute Gasteiger partial charge is 0.406 e. The van der Waals surface area contributed by atoms with Crippen LogP contribution in [0, 0.1) is 0 Å². The summed E-state index contributed by atoms with van der Waals surface area (Å²) in [4.78, 5) is 12.2. The minimum Gasteiger partial charge on any atom is -0.394 e. The number of halogens is 3. The van der Waals surface area contributed by atoms with E-state index in [0.29, 0.717) is 12.8 Å². The lowest BCUT2D eigenvalue weighted by Crippen LogP contribution is -2.52. The number of hydrogen-bond donors (Lipinski definition) is 2. The van der Waals surface area contributed by atoms with Crippen LogP contribution in [0.1, 0.15) is 42.6 Å². The second kappa shape index (κ2) is 6.09. The van der Waals surface area contributed by atoms with E-state index in [4.69, 9.17) is 0 Å². The molecule has 0 unspecified atom stereocenters. The number of hydrogen-bond acceptors (Lipinski definition) is 2. The molecule has 1 aliphatic carbocycles. The van der Waals surface area contributed by atoms with Crippen LogP contribution in [0.5, 0.6) is 0 Å². The van der Waals surface area contributed by atoms with Crippen molar-refractivity contribution in [2.45, 2.75) is 50.4 Å². The molecule has 0 spiro atoms. The molecule has 0 radical (unpaired) electrons. The molecular weight excluding hydrogens is 285 g/mol. The van der Waals surface area contributed by atoms with Crippen LogP contribution in [-0.2, 0) is 6.54 Å². The van der Waals surface area contributed by atoms with Gasteiger partial charge in [-0.25, -0.2) is 0 Å². The van der Waals surface area contributed by atoms with Crippen LogP contribution in [0.4, 0.5) is 13.2 Å². The summed E-state index contributed by atoms with van der Waals surface area (Å²) >= 11 is 0. The standard InChI is InChI=1S/C14H19F3N2O2/c15-14(16,17)9-19-8-4-5-11(19)12(21)18-13(10-20)6-2-1-3-7-13/h4-5,8,20H,1-3,6-7,9-10H2,(H,18,21). The third kappa shape index (κ3) is 4.00. The van der Waals surface area contributed by atoms with Gasteiger partial charge in [-0.05, 0) is 25.0 Å². The van der Waals surface area contributed by atoms with Gasteiger partial charge in [-0.3, -0.25) is 4.79 Å². The van der Waals surface area contributed by atoms with E-state index in [0.717, 1.165) is 23.8 Å². The van der Waals surface area contributed by atoms with Gasteiger partial charge < -0.3 is 15.0 Å². The first kappa shape index (κ1) is 15.9. The molecular formula is C14H19F3N2O2. The van der Waals surface area contributed by atoms with Crippen molar-refractivity contribution in [3.8, 4) is 0 Å². The van der Waals surface area contributed by atoms with Gasteiger partial charge in [0.05, 0.1) is 12.1 Å². The second-order valence-corrected chi connectivity index (χ2v) is 5.59. The zero-order valence-corrected chi connectivity index (χ0v) is 11.6. The van der Waals surface area contributed by atoms with Crippen molar-refractivity contribution in [1.29, 1.82) is 0 Å². The van der Waals surface area contributed by atoms with E-state index < -0.39 is 24.2 Å². The van der Waals surface area contributed by atoms with E-state index in [-0.39, 0.29) is 12.3 Å². The van der Waals surface area contributed by atoms with Crippen molar-refractivity contribution in [1.82, 2.24) is 9.88 Å². The number of amides is 1. The lowest BCUT2D eigenvalue weighted by molar-refractivity contribution is -0.140. The molecule has 0 aromatic carbocycles. The molecule has 0 saturated heterocycles. The molecule has 1 aromatic rings. The van der Waals surface area contributed by atoms with E-state index >= 15 is 0 Å². The average molecular weight is 304 g/mol. The van der Waals surface area contributed by atoms with Gasteiger partial charge >= 0.3 is 6.18 Å². The lowest BCUT2D eigenvalue weighted by atomic mass is 9.82. The highest BCUT2D eigenvalue weighted by Crippen LogP contribution is 2.28. The Morgan fingerprint density at radius 1 is 1.33 bits per heavy atom. The van der Waals surface area contributed by atoms with Crippen LogP contribution in [0.2, 0.25) is 0 Å². The minimum absolute atomic E-state index is 0.0364. The van der Waals surface area contributed by atoms with Gasteiger partial charge in [-0.1, -0.05) is 19.3 Å². The molecule has 7 heteroatoms. The second-order valence-electron chi connectivity index (χ2n) is 5.59. The molecule has 118 valence electrons. The fourth-order valence-electron chi connectivity index (χ4n) is 2.81. The highest BCUT2D eigenvalue weighted by molar-refractivity contribution is 5.93. The average Bonchev–Trinajstić information content (AvgIpc) is 2.85. The highest BCUT2D eigenvalue weighted by Gasteiger charge is 2.35. The zero-order valence-electron chi connectivity index (χ0n) is 11.6. The molecule has 4 nitrogen and oxygen atoms in total. The van der Waals surface area contributed by atoms with Gasteiger partial charge in [-0.15, -0.1) is 0 Å². The van der Waals surface area contributed by atoms with Crippen LogP contribution in [-0.4, -0.2) is 33.9 Å². The Labute approximate surface area is 120 Å². The van der Waals surface area contributed by atoms with Crippen molar-refractivity contribution >= 4 is 5.91 Å². The third-order valence-electron chi connectivity index (χ3n) is 3.90. The molecule has 0 bridgehead atoms. The van der Waals surface area contributed by atoms with Crippen LogP contribution in [0.3, 0.4) is 0 Å². The molecule has 2 N–H and O–H groups in total. The van der Waals surface area contributed by atoms with Crippen molar-refractivity contribution in [2.75, 3.05) is 6.61 Å². The molecule has 1 heterocycles. The molecule has 21 heavy (non-hydrogen) atoms. The van der Waals surface area contributed by atoms with E-state index in [1.165, 1.54) is 18.3 Å². The monoisotopic (exact) mass is 304 g/mol. The third-order valence-corrected chi connectivity index (χ3v) is 3.90. The Hall–Kier alpha value is -1.50. The Morgan fingerprint density at radius 2 is 2.00 bits per heavy atom. The van der Waals surface area contributed by atoms with Crippen molar-refractivity contribution in [2.24, 2.45) is 0 Å². The maximum atomic E-state index is 12.5. The number of alkyl halides is 3. The first-order valence-electron chi connectivity index (χ1n) is 7.00. The van der Waals surface area contributed by atoms with E-state index in [9.17, 15) is 23.1 Å². The summed E-state index contributed by atoms with van der Waals surface area (Å²) in [5.74, 6) is -0.569. The summed E-state index contributed by atoms with van der Waals surface area (Å²) in [6.07, 6.45) is 0.976. The number of aromatic nitrogens is 1. The van der Waals surface area contributed by atoms with Crippen molar-refractivity contribution in [3.63, 3.8) is 0 Å². The fraction of sp³-hybridized carbons (Fsp3) is 0.643. The topological polar surface area (TPSA) is 54.3 Å². The predicted octanol–water partition coefficient (Wildman–Crippen LogP) is 2.48. The Bertz CT molecular complexity index is 491. The van der Waals surface area contributed by atoms with Gasteiger partial charge in [0.2, 0.25) is 0 Å². The molecule has 1 saturated carbocycles. The first-order chi connectivity index (χ1) is 9.85. The van der Waals surface area contributed by atoms with Crippen LogP contribution in [0.15, 0.2) is 18.3 Å². The normalized spacial score (nSPS) is 18.5. The molecule has 0 atom stereocenters. The van der Waals surface area contributed by atoms with Gasteiger partial charge in [0.1, 0.15) is 12.2 Å². The molecule has 1 aromatic heterocycles. The Kier molecular flexibility index (Phi) is 4.61. The Balaban J connectivity index is 2.11. The van der Waals surface area contributed by atoms with E-state index in [1.807, 2.05) is 0 Å². The Morgan fingerprint density at radius 3 is 2.57 bits per heavy atom. The summed E-state index contributed by atoms with van der Waals surface area (Å²) in [7, 11) is 0. The number of nitrogens with one attached hydrogen (secondary N) is 1. The number of aliphatic hydroxyl groups is 1. The van der Waals surface area contributed by atoms with Crippen molar-refractivity contribution in [3.05, 3.63) is 24.0 Å². The zero-order chi connectivity index (χ0) is 15.5. The summed E-state index contributed by atoms with van der Waals surface area (Å²) in [5.41, 5.74) is -0.742. The number of carbonyl (C=O) groups is 1. The number of nitrogens with zero attached hydrogens (tertiary/aromatic N) is 1. The maximum absolute atomic E-state index is 12.5. The van der Waals surface area contributed by atoms with Gasteiger partial charge in [0.25, 0.3) is 5.91 Å². The smallest absolute Gasteiger partial charge is 0.394 e. The molecule has 1 amide bonds. The quantitative estimate of drug-likeness (QED) is 0.898. The van der Waals surface area contributed by atoms with Crippen LogP contribution in [0.25, 0.3) is 0 Å². The van der Waals surface area contributed by atoms with Crippen molar-refractivity contribution < 1.29 is 23.1 Å². The molecule has 1 fully saturated rings. The molecule has 1 aliphatic rings. The number of aliphatic hydroxyl groups excluding tert-OH is 1. The summed E-state index contributed by atoms with van der Waals surface area (Å²) in [6, 6.07) is 2.77. The molecule has 0 aliphatic heterocycles. The van der Waals surface area contributed by atoms with Crippen LogP contribution < -0.4 is 5.32 Å². The van der Waals surface area contributed by atoms with Gasteiger partial charge in [-0.2, -0.15) is 13.2 Å². The van der Waals surface area contributed by atoms with Gasteiger partial charge in [0, 0.05) is 6.20 Å². The number of carbonyl (C=O) groups excluding carboxylic acids is 1. The van der Waals surface area contributed by atoms with E-state index in [2.05, 4.69) is 5.32 Å². The molecule has 2 rings (SSSR count). The maximum Gasteiger partial charge on any atom is 0.406 e. The summed E-state index contributed by atoms with van der Waals surface area (Å²) < 4.78 is 38.3. The van der Waals surface area contributed by atoms with Crippen LogP contribution >= 0.6 is 0 Å².